The second kappa shape index (κ2) is 6.42. The number of amides is 1. The lowest BCUT2D eigenvalue weighted by Gasteiger charge is -2.27. The highest BCUT2D eigenvalue weighted by molar-refractivity contribution is 5.91. The van der Waals surface area contributed by atoms with E-state index in [1.165, 1.54) is 11.8 Å². The Morgan fingerprint density at radius 2 is 2.12 bits per heavy atom. The Kier molecular flexibility index (Phi) is 4.12. The highest BCUT2D eigenvalue weighted by atomic mass is 16.5. The number of hydrogen-bond acceptors (Lipinski definition) is 4. The Balaban J connectivity index is 1.40. The van der Waals surface area contributed by atoms with Gasteiger partial charge in [-0.15, -0.1) is 0 Å². The lowest BCUT2D eigenvalue weighted by atomic mass is 9.81. The first-order valence-electron chi connectivity index (χ1n) is 8.41. The van der Waals surface area contributed by atoms with E-state index >= 15 is 0 Å². The summed E-state index contributed by atoms with van der Waals surface area (Å²) in [4.78, 5) is 14.6. The van der Waals surface area contributed by atoms with Gasteiger partial charge in [-0.2, -0.15) is 0 Å². The van der Waals surface area contributed by atoms with E-state index < -0.39 is 0 Å². The van der Waals surface area contributed by atoms with Crippen molar-refractivity contribution < 1.29 is 13.9 Å². The van der Waals surface area contributed by atoms with Crippen molar-refractivity contribution in [3.05, 3.63) is 60.1 Å². The van der Waals surface area contributed by atoms with Crippen LogP contribution in [0.1, 0.15) is 16.1 Å². The van der Waals surface area contributed by atoms with E-state index in [9.17, 15) is 4.79 Å². The summed E-state index contributed by atoms with van der Waals surface area (Å²) in [6.07, 6.45) is 1.52. The molecule has 5 heteroatoms. The third-order valence-corrected chi connectivity index (χ3v) is 5.19. The molecular formula is C19H22N2O3. The quantitative estimate of drug-likeness (QED) is 0.915. The molecule has 1 aromatic carbocycles. The van der Waals surface area contributed by atoms with E-state index in [0.29, 0.717) is 24.8 Å². The summed E-state index contributed by atoms with van der Waals surface area (Å²) in [5, 5.41) is 3.03. The van der Waals surface area contributed by atoms with Gasteiger partial charge in [0, 0.05) is 37.5 Å². The first-order valence-corrected chi connectivity index (χ1v) is 8.41. The van der Waals surface area contributed by atoms with Crippen LogP contribution in [-0.2, 0) is 11.3 Å². The molecule has 2 saturated heterocycles. The van der Waals surface area contributed by atoms with E-state index in [0.717, 1.165) is 26.2 Å². The van der Waals surface area contributed by atoms with Crippen molar-refractivity contribution in [3.8, 4) is 0 Å². The normalized spacial score (nSPS) is 26.4. The minimum absolute atomic E-state index is 0.0109. The molecule has 1 amide bonds. The molecule has 1 aromatic heterocycles. The van der Waals surface area contributed by atoms with Gasteiger partial charge in [-0.1, -0.05) is 30.3 Å². The van der Waals surface area contributed by atoms with Crippen molar-refractivity contribution in [1.82, 2.24) is 10.2 Å². The molecule has 4 rings (SSSR count). The van der Waals surface area contributed by atoms with Gasteiger partial charge in [0.25, 0.3) is 5.91 Å². The van der Waals surface area contributed by atoms with Gasteiger partial charge in [0.1, 0.15) is 0 Å². The fourth-order valence-electron chi connectivity index (χ4n) is 3.91. The molecule has 2 atom stereocenters. The predicted octanol–water partition coefficient (Wildman–Crippen LogP) is 2.16. The maximum absolute atomic E-state index is 12.2. The minimum Gasteiger partial charge on any atom is -0.459 e. The van der Waals surface area contributed by atoms with Crippen LogP contribution in [0.15, 0.2) is 53.1 Å². The molecule has 2 aliphatic rings. The van der Waals surface area contributed by atoms with Crippen LogP contribution in [0.3, 0.4) is 0 Å². The Bertz CT molecular complexity index is 686. The first kappa shape index (κ1) is 15.4. The van der Waals surface area contributed by atoms with Crippen molar-refractivity contribution in [2.24, 2.45) is 11.3 Å². The summed E-state index contributed by atoms with van der Waals surface area (Å²) in [6, 6.07) is 13.9. The maximum atomic E-state index is 12.2. The zero-order valence-electron chi connectivity index (χ0n) is 13.6. The number of nitrogens with one attached hydrogen (secondary N) is 1. The summed E-state index contributed by atoms with van der Waals surface area (Å²) < 4.78 is 10.9. The van der Waals surface area contributed by atoms with Crippen molar-refractivity contribution in [3.63, 3.8) is 0 Å². The van der Waals surface area contributed by atoms with Crippen LogP contribution in [0, 0.1) is 11.3 Å². The number of hydrogen-bond donors (Lipinski definition) is 1. The van der Waals surface area contributed by atoms with Gasteiger partial charge in [0.15, 0.2) is 5.76 Å². The van der Waals surface area contributed by atoms with Crippen molar-refractivity contribution in [2.75, 3.05) is 32.8 Å². The number of fused-ring (bicyclic) bond motifs is 1. The van der Waals surface area contributed by atoms with E-state index in [4.69, 9.17) is 9.15 Å². The van der Waals surface area contributed by atoms with Gasteiger partial charge in [-0.3, -0.25) is 9.69 Å². The summed E-state index contributed by atoms with van der Waals surface area (Å²) >= 11 is 0. The number of benzene rings is 1. The molecule has 0 unspecified atom stereocenters. The smallest absolute Gasteiger partial charge is 0.286 e. The monoisotopic (exact) mass is 326 g/mol. The molecule has 2 aromatic rings. The van der Waals surface area contributed by atoms with Crippen LogP contribution in [-0.4, -0.2) is 43.7 Å². The number of rotatable bonds is 5. The van der Waals surface area contributed by atoms with Gasteiger partial charge in [-0.25, -0.2) is 0 Å². The largest absolute Gasteiger partial charge is 0.459 e. The van der Waals surface area contributed by atoms with Crippen LogP contribution in [0.25, 0.3) is 0 Å². The van der Waals surface area contributed by atoms with Gasteiger partial charge < -0.3 is 14.5 Å². The molecule has 0 spiro atoms. The number of likely N-dealkylation sites (tertiary alicyclic amines) is 1. The SMILES string of the molecule is O=C(NC[C@]12COC[C@H]1CN(Cc1ccccc1)C2)c1ccco1. The van der Waals surface area contributed by atoms with Gasteiger partial charge >= 0.3 is 0 Å². The molecule has 0 aliphatic carbocycles. The van der Waals surface area contributed by atoms with E-state index in [-0.39, 0.29) is 11.3 Å². The molecule has 0 radical (unpaired) electrons. The van der Waals surface area contributed by atoms with Crippen LogP contribution >= 0.6 is 0 Å². The van der Waals surface area contributed by atoms with E-state index in [1.807, 2.05) is 6.07 Å². The molecule has 2 fully saturated rings. The van der Waals surface area contributed by atoms with Crippen LogP contribution in [0.2, 0.25) is 0 Å². The summed E-state index contributed by atoms with van der Waals surface area (Å²) in [5.41, 5.74) is 1.34. The van der Waals surface area contributed by atoms with Gasteiger partial charge in [0.05, 0.1) is 19.5 Å². The molecule has 126 valence electrons. The Morgan fingerprint density at radius 1 is 1.25 bits per heavy atom. The maximum Gasteiger partial charge on any atom is 0.286 e. The molecular weight excluding hydrogens is 304 g/mol. The Morgan fingerprint density at radius 3 is 2.92 bits per heavy atom. The molecule has 24 heavy (non-hydrogen) atoms. The molecule has 2 aliphatic heterocycles. The number of ether oxygens (including phenoxy) is 1. The average molecular weight is 326 g/mol. The lowest BCUT2D eigenvalue weighted by molar-refractivity contribution is 0.0878. The van der Waals surface area contributed by atoms with E-state index in [2.05, 4.69) is 34.5 Å². The first-order chi connectivity index (χ1) is 11.8. The van der Waals surface area contributed by atoms with Crippen molar-refractivity contribution >= 4 is 5.91 Å². The third kappa shape index (κ3) is 2.97. The van der Waals surface area contributed by atoms with Crippen LogP contribution < -0.4 is 5.32 Å². The number of nitrogens with zero attached hydrogens (tertiary/aromatic N) is 1. The molecule has 3 heterocycles. The molecule has 1 N–H and O–H groups in total. The number of carbonyl (C=O) groups is 1. The van der Waals surface area contributed by atoms with Crippen molar-refractivity contribution in [2.45, 2.75) is 6.54 Å². The highest BCUT2D eigenvalue weighted by Gasteiger charge is 2.50. The number of furan rings is 1. The third-order valence-electron chi connectivity index (χ3n) is 5.19. The Labute approximate surface area is 141 Å². The van der Waals surface area contributed by atoms with Crippen LogP contribution in [0.4, 0.5) is 0 Å². The summed E-state index contributed by atoms with van der Waals surface area (Å²) in [6.45, 7) is 5.04. The topological polar surface area (TPSA) is 54.7 Å². The highest BCUT2D eigenvalue weighted by Crippen LogP contribution is 2.41. The zero-order chi connectivity index (χ0) is 16.4. The minimum atomic E-state index is -0.151. The average Bonchev–Trinajstić information content (AvgIpc) is 3.29. The Hall–Kier alpha value is -2.11. The lowest BCUT2D eigenvalue weighted by Crippen LogP contribution is -2.43. The second-order valence-corrected chi connectivity index (χ2v) is 6.89. The standard InChI is InChI=1S/C19H22N2O3/c22-18(17-7-4-8-24-17)20-12-19-13-21(10-16(19)11-23-14-19)9-15-5-2-1-3-6-15/h1-8,16H,9-14H2,(H,20,22)/t16-,19+/m1/s1. The fraction of sp³-hybridized carbons (Fsp3) is 0.421. The fourth-order valence-corrected chi connectivity index (χ4v) is 3.91. The molecule has 5 nitrogen and oxygen atoms in total. The van der Waals surface area contributed by atoms with Crippen molar-refractivity contribution in [1.29, 1.82) is 0 Å². The summed E-state index contributed by atoms with van der Waals surface area (Å²) in [5.74, 6) is 0.681. The molecule has 0 bridgehead atoms. The van der Waals surface area contributed by atoms with Gasteiger partial charge in [-0.05, 0) is 17.7 Å². The zero-order valence-corrected chi connectivity index (χ0v) is 13.6. The second-order valence-electron chi connectivity index (χ2n) is 6.89. The number of carbonyl (C=O) groups excluding carboxylic acids is 1. The van der Waals surface area contributed by atoms with Gasteiger partial charge in [0.2, 0.25) is 0 Å². The van der Waals surface area contributed by atoms with Crippen LogP contribution in [0.5, 0.6) is 0 Å². The molecule has 0 saturated carbocycles. The summed E-state index contributed by atoms with van der Waals surface area (Å²) in [7, 11) is 0. The predicted molar refractivity (Wildman–Crippen MR) is 89.5 cm³/mol. The van der Waals surface area contributed by atoms with E-state index in [1.54, 1.807) is 12.1 Å².